The second-order valence-corrected chi connectivity index (χ2v) is 5.21. The molecule has 0 aromatic carbocycles. The van der Waals surface area contributed by atoms with Crippen LogP contribution in [0.4, 0.5) is 0 Å². The van der Waals surface area contributed by atoms with Crippen molar-refractivity contribution in [3.63, 3.8) is 0 Å². The molecule has 0 rings (SSSR count). The molecule has 0 aliphatic heterocycles. The van der Waals surface area contributed by atoms with Crippen LogP contribution in [0.1, 0.15) is 78.6 Å². The van der Waals surface area contributed by atoms with Gasteiger partial charge in [0, 0.05) is 12.3 Å². The molecule has 2 nitrogen and oxygen atoms in total. The van der Waals surface area contributed by atoms with Crippen LogP contribution in [-0.2, 0) is 0 Å². The van der Waals surface area contributed by atoms with E-state index < -0.39 is 0 Å². The van der Waals surface area contributed by atoms with Crippen LogP contribution in [0.2, 0.25) is 0 Å². The third-order valence-electron chi connectivity index (χ3n) is 3.18. The largest absolute Gasteiger partial charge is 0.624 e. The topological polar surface area (TPSA) is 26.1 Å². The lowest BCUT2D eigenvalue weighted by molar-refractivity contribution is -0.462. The van der Waals surface area contributed by atoms with E-state index in [-0.39, 0.29) is 0 Å². The molecular weight excluding hydrogens is 210 g/mol. The molecule has 0 aliphatic carbocycles. The summed E-state index contributed by atoms with van der Waals surface area (Å²) in [6.45, 7) is 7.12. The zero-order valence-corrected chi connectivity index (χ0v) is 12.1. The number of unbranched alkanes of at least 4 members (excludes halogenated alkanes) is 6. The molecule has 1 unspecified atom stereocenters. The van der Waals surface area contributed by atoms with Gasteiger partial charge in [-0.1, -0.05) is 65.7 Å². The Hall–Kier alpha value is -0.530. The molecule has 0 saturated heterocycles. The molecule has 0 spiro atoms. The summed E-state index contributed by atoms with van der Waals surface area (Å²) < 4.78 is 1.10. The van der Waals surface area contributed by atoms with Gasteiger partial charge in [-0.3, -0.25) is 0 Å². The fourth-order valence-electron chi connectivity index (χ4n) is 2.13. The second kappa shape index (κ2) is 11.9. The van der Waals surface area contributed by atoms with Gasteiger partial charge in [0.2, 0.25) is 0 Å². The first-order valence-electron chi connectivity index (χ1n) is 7.47. The predicted molar refractivity (Wildman–Crippen MR) is 76.6 cm³/mol. The van der Waals surface area contributed by atoms with Crippen molar-refractivity contribution in [2.24, 2.45) is 5.92 Å². The summed E-state index contributed by atoms with van der Waals surface area (Å²) in [4.78, 5) is 0. The first-order chi connectivity index (χ1) is 8.20. The summed E-state index contributed by atoms with van der Waals surface area (Å²) in [7, 11) is 0. The molecule has 0 aromatic heterocycles. The number of rotatable bonds is 11. The van der Waals surface area contributed by atoms with E-state index in [1.54, 1.807) is 6.21 Å². The van der Waals surface area contributed by atoms with Crippen molar-refractivity contribution >= 4 is 6.21 Å². The van der Waals surface area contributed by atoms with Gasteiger partial charge in [0.15, 0.2) is 12.8 Å². The third-order valence-corrected chi connectivity index (χ3v) is 3.18. The van der Waals surface area contributed by atoms with Gasteiger partial charge >= 0.3 is 0 Å². The lowest BCUT2D eigenvalue weighted by atomic mass is 10.0. The summed E-state index contributed by atoms with van der Waals surface area (Å²) in [6, 6.07) is 0. The van der Waals surface area contributed by atoms with Gasteiger partial charge < -0.3 is 5.21 Å². The van der Waals surface area contributed by atoms with Crippen LogP contribution in [0.3, 0.4) is 0 Å². The van der Waals surface area contributed by atoms with Gasteiger partial charge in [-0.15, -0.1) is 0 Å². The van der Waals surface area contributed by atoms with Crippen molar-refractivity contribution in [1.82, 2.24) is 0 Å². The molecular formula is C15H31NO. The van der Waals surface area contributed by atoms with Crippen molar-refractivity contribution < 1.29 is 4.74 Å². The summed E-state index contributed by atoms with van der Waals surface area (Å²) in [6.07, 6.45) is 13.3. The highest BCUT2D eigenvalue weighted by atomic mass is 16.5. The smallest absolute Gasteiger partial charge is 0.155 e. The maximum Gasteiger partial charge on any atom is 0.155 e. The lowest BCUT2D eigenvalue weighted by Gasteiger charge is -2.11. The quantitative estimate of drug-likeness (QED) is 0.168. The Kier molecular flexibility index (Phi) is 11.6. The van der Waals surface area contributed by atoms with E-state index in [0.29, 0.717) is 12.5 Å². The Morgan fingerprint density at radius 2 is 1.59 bits per heavy atom. The molecule has 1 atom stereocenters. The maximum atomic E-state index is 11.3. The van der Waals surface area contributed by atoms with Gasteiger partial charge in [0.05, 0.1) is 0 Å². The van der Waals surface area contributed by atoms with Crippen LogP contribution in [-0.4, -0.2) is 17.5 Å². The Labute approximate surface area is 108 Å². The van der Waals surface area contributed by atoms with E-state index in [1.807, 2.05) is 6.92 Å². The van der Waals surface area contributed by atoms with E-state index in [1.165, 1.54) is 51.4 Å². The highest BCUT2D eigenvalue weighted by Crippen LogP contribution is 2.12. The molecule has 0 amide bonds. The van der Waals surface area contributed by atoms with Crippen LogP contribution in [0, 0.1) is 11.1 Å². The highest BCUT2D eigenvalue weighted by Gasteiger charge is 2.05. The Bertz CT molecular complexity index is 189. The van der Waals surface area contributed by atoms with Crippen molar-refractivity contribution in [3.8, 4) is 0 Å². The number of hydrogen-bond acceptors (Lipinski definition) is 1. The molecule has 2 heteroatoms. The predicted octanol–water partition coefficient (Wildman–Crippen LogP) is 4.75. The summed E-state index contributed by atoms with van der Waals surface area (Å²) >= 11 is 0. The first kappa shape index (κ1) is 16.5. The molecule has 0 aromatic rings. The fourth-order valence-corrected chi connectivity index (χ4v) is 2.13. The molecule has 17 heavy (non-hydrogen) atoms. The van der Waals surface area contributed by atoms with Crippen LogP contribution < -0.4 is 0 Å². The van der Waals surface area contributed by atoms with Gasteiger partial charge in [0.25, 0.3) is 0 Å². The number of hydrogen-bond donors (Lipinski definition) is 0. The monoisotopic (exact) mass is 241 g/mol. The minimum atomic E-state index is 0.533. The molecule has 0 aliphatic rings. The van der Waals surface area contributed by atoms with Gasteiger partial charge in [0.1, 0.15) is 0 Å². The molecule has 0 heterocycles. The molecule has 0 bridgehead atoms. The number of nitrogens with zero attached hydrogens (tertiary/aromatic N) is 1. The SMILES string of the molecule is CCC=[N+]([O-])CC(C)CCCCCCCCC. The Balaban J connectivity index is 3.33. The van der Waals surface area contributed by atoms with Crippen molar-refractivity contribution in [2.75, 3.05) is 6.54 Å². The summed E-state index contributed by atoms with van der Waals surface area (Å²) in [5.74, 6) is 0.533. The van der Waals surface area contributed by atoms with E-state index in [9.17, 15) is 5.21 Å². The van der Waals surface area contributed by atoms with Gasteiger partial charge in [-0.2, -0.15) is 0 Å². The second-order valence-electron chi connectivity index (χ2n) is 5.21. The van der Waals surface area contributed by atoms with Crippen LogP contribution in [0.15, 0.2) is 0 Å². The highest BCUT2D eigenvalue weighted by molar-refractivity contribution is 5.50. The van der Waals surface area contributed by atoms with E-state index in [4.69, 9.17) is 0 Å². The van der Waals surface area contributed by atoms with E-state index in [0.717, 1.165) is 11.2 Å². The fraction of sp³-hybridized carbons (Fsp3) is 0.933. The molecule has 0 N–H and O–H groups in total. The molecule has 102 valence electrons. The number of hydroxylamine groups is 1. The third kappa shape index (κ3) is 11.7. The molecule has 0 saturated carbocycles. The Morgan fingerprint density at radius 1 is 1.00 bits per heavy atom. The van der Waals surface area contributed by atoms with Gasteiger partial charge in [-0.05, 0) is 6.42 Å². The van der Waals surface area contributed by atoms with Crippen molar-refractivity contribution in [2.45, 2.75) is 78.6 Å². The zero-order chi connectivity index (χ0) is 12.9. The average molecular weight is 241 g/mol. The van der Waals surface area contributed by atoms with Gasteiger partial charge in [-0.25, -0.2) is 4.74 Å². The molecule has 0 radical (unpaired) electrons. The minimum Gasteiger partial charge on any atom is -0.624 e. The summed E-state index contributed by atoms with van der Waals surface area (Å²) in [5, 5.41) is 11.3. The van der Waals surface area contributed by atoms with Crippen molar-refractivity contribution in [3.05, 3.63) is 5.21 Å². The average Bonchev–Trinajstić information content (AvgIpc) is 2.28. The van der Waals surface area contributed by atoms with E-state index >= 15 is 0 Å². The van der Waals surface area contributed by atoms with E-state index in [2.05, 4.69) is 13.8 Å². The summed E-state index contributed by atoms with van der Waals surface area (Å²) in [5.41, 5.74) is 0. The minimum absolute atomic E-state index is 0.533. The molecule has 0 fully saturated rings. The van der Waals surface area contributed by atoms with Crippen LogP contribution in [0.5, 0.6) is 0 Å². The Morgan fingerprint density at radius 3 is 2.18 bits per heavy atom. The van der Waals surface area contributed by atoms with Crippen LogP contribution in [0.25, 0.3) is 0 Å². The maximum absolute atomic E-state index is 11.3. The van der Waals surface area contributed by atoms with Crippen molar-refractivity contribution in [1.29, 1.82) is 0 Å². The zero-order valence-electron chi connectivity index (χ0n) is 12.1. The first-order valence-corrected chi connectivity index (χ1v) is 7.47. The normalized spacial score (nSPS) is 13.9. The van der Waals surface area contributed by atoms with Crippen LogP contribution >= 0.6 is 0 Å². The lowest BCUT2D eigenvalue weighted by Crippen LogP contribution is -2.14. The standard InChI is InChI=1S/C15H31NO/c1-4-6-7-8-9-10-11-12-15(3)14-16(17)13-5-2/h13,15H,4-12,14H2,1-3H3.